The molecule has 0 saturated carbocycles. The van der Waals surface area contributed by atoms with E-state index in [0.717, 1.165) is 37.3 Å². The molecule has 2 unspecified atom stereocenters. The molecule has 0 radical (unpaired) electrons. The maximum Gasteiger partial charge on any atom is 0.228 e. The minimum absolute atomic E-state index is 0.0310. The van der Waals surface area contributed by atoms with Gasteiger partial charge in [-0.25, -0.2) is 0 Å². The van der Waals surface area contributed by atoms with E-state index in [1.165, 1.54) is 5.56 Å². The summed E-state index contributed by atoms with van der Waals surface area (Å²) in [6.07, 6.45) is 1.97. The topological polar surface area (TPSA) is 53.2 Å². The van der Waals surface area contributed by atoms with Crippen LogP contribution in [0.5, 0.6) is 0 Å². The number of hydrogen-bond acceptors (Lipinski definition) is 3. The van der Waals surface area contributed by atoms with Gasteiger partial charge in [0, 0.05) is 18.3 Å². The van der Waals surface area contributed by atoms with E-state index >= 15 is 0 Å². The van der Waals surface area contributed by atoms with Crippen molar-refractivity contribution >= 4 is 28.9 Å². The Balaban J connectivity index is 1.63. The number of carbonyl (C=O) groups excluding carboxylic acids is 1. The van der Waals surface area contributed by atoms with Gasteiger partial charge in [-0.1, -0.05) is 41.9 Å². The Hall–Kier alpha value is -2.04. The van der Waals surface area contributed by atoms with Crippen molar-refractivity contribution in [3.05, 3.63) is 59.1 Å². The summed E-state index contributed by atoms with van der Waals surface area (Å²) in [6.45, 7) is 3.83. The third-order valence-electron chi connectivity index (χ3n) is 4.58. The number of benzene rings is 2. The van der Waals surface area contributed by atoms with Gasteiger partial charge in [0.1, 0.15) is 0 Å². The number of halogens is 1. The summed E-state index contributed by atoms with van der Waals surface area (Å²) in [7, 11) is 0. The molecule has 0 spiro atoms. The van der Waals surface area contributed by atoms with Crippen LogP contribution in [-0.2, 0) is 4.79 Å². The number of rotatable bonds is 5. The van der Waals surface area contributed by atoms with Crippen molar-refractivity contribution in [2.45, 2.75) is 25.8 Å². The molecule has 2 aromatic rings. The molecule has 1 saturated heterocycles. The molecular weight excluding hydrogens is 334 g/mol. The van der Waals surface area contributed by atoms with Crippen LogP contribution in [-0.4, -0.2) is 19.0 Å². The Bertz CT molecular complexity index is 714. The minimum Gasteiger partial charge on any atom is -0.377 e. The average molecular weight is 358 g/mol. The Kier molecular flexibility index (Phi) is 5.95. The fourth-order valence-corrected chi connectivity index (χ4v) is 3.32. The quantitative estimate of drug-likeness (QED) is 0.741. The zero-order valence-corrected chi connectivity index (χ0v) is 15.1. The lowest BCUT2D eigenvalue weighted by Gasteiger charge is -2.22. The number of nitrogens with one attached hydrogen (secondary N) is 3. The second kappa shape index (κ2) is 8.37. The van der Waals surface area contributed by atoms with Crippen molar-refractivity contribution in [3.8, 4) is 0 Å². The van der Waals surface area contributed by atoms with Crippen molar-refractivity contribution in [2.75, 3.05) is 23.7 Å². The van der Waals surface area contributed by atoms with Crippen LogP contribution in [0.4, 0.5) is 11.4 Å². The van der Waals surface area contributed by atoms with Crippen LogP contribution in [0.1, 0.15) is 31.4 Å². The summed E-state index contributed by atoms with van der Waals surface area (Å²) in [4.78, 5) is 12.3. The summed E-state index contributed by atoms with van der Waals surface area (Å²) in [5, 5.41) is 10.3. The highest BCUT2D eigenvalue weighted by Gasteiger charge is 2.21. The monoisotopic (exact) mass is 357 g/mol. The fourth-order valence-electron chi connectivity index (χ4n) is 3.09. The third-order valence-corrected chi connectivity index (χ3v) is 4.89. The maximum atomic E-state index is 12.3. The van der Waals surface area contributed by atoms with Gasteiger partial charge in [0.2, 0.25) is 5.91 Å². The van der Waals surface area contributed by atoms with Crippen LogP contribution in [0.25, 0.3) is 0 Å². The molecule has 2 atom stereocenters. The summed E-state index contributed by atoms with van der Waals surface area (Å²) in [6, 6.07) is 16.0. The first-order valence-corrected chi connectivity index (χ1v) is 9.14. The lowest BCUT2D eigenvalue weighted by atomic mass is 9.99. The summed E-state index contributed by atoms with van der Waals surface area (Å²) < 4.78 is 0. The van der Waals surface area contributed by atoms with Crippen LogP contribution in [0, 0.1) is 5.92 Å². The summed E-state index contributed by atoms with van der Waals surface area (Å²) >= 11 is 6.40. The van der Waals surface area contributed by atoms with E-state index in [9.17, 15) is 4.79 Å². The smallest absolute Gasteiger partial charge is 0.228 e. The zero-order valence-electron chi connectivity index (χ0n) is 14.4. The number of anilines is 2. The molecule has 1 fully saturated rings. The summed E-state index contributed by atoms with van der Waals surface area (Å²) in [5.41, 5.74) is 2.79. The van der Waals surface area contributed by atoms with Crippen molar-refractivity contribution in [1.29, 1.82) is 0 Å². The highest BCUT2D eigenvalue weighted by Crippen LogP contribution is 2.29. The van der Waals surface area contributed by atoms with Crippen molar-refractivity contribution < 1.29 is 4.79 Å². The second-order valence-electron chi connectivity index (χ2n) is 6.50. The van der Waals surface area contributed by atoms with Gasteiger partial charge in [0.25, 0.3) is 0 Å². The normalized spacial score (nSPS) is 18.4. The fraction of sp³-hybridized carbons (Fsp3) is 0.350. The van der Waals surface area contributed by atoms with Gasteiger partial charge in [-0.15, -0.1) is 0 Å². The number of carbonyl (C=O) groups is 1. The zero-order chi connectivity index (χ0) is 17.6. The number of hydrogen-bond donors (Lipinski definition) is 3. The van der Waals surface area contributed by atoms with E-state index in [1.807, 2.05) is 30.3 Å². The molecule has 0 aliphatic carbocycles. The number of piperidine rings is 1. The van der Waals surface area contributed by atoms with Crippen LogP contribution in [0.15, 0.2) is 48.5 Å². The van der Waals surface area contributed by atoms with Crippen LogP contribution in [0.2, 0.25) is 5.02 Å². The third kappa shape index (κ3) is 4.74. The van der Waals surface area contributed by atoms with E-state index in [1.54, 1.807) is 6.07 Å². The van der Waals surface area contributed by atoms with Crippen LogP contribution in [0.3, 0.4) is 0 Å². The molecule has 2 aromatic carbocycles. The first kappa shape index (κ1) is 17.8. The Labute approximate surface area is 154 Å². The van der Waals surface area contributed by atoms with Crippen LogP contribution < -0.4 is 16.0 Å². The van der Waals surface area contributed by atoms with E-state index in [2.05, 4.69) is 35.0 Å². The van der Waals surface area contributed by atoms with Gasteiger partial charge >= 0.3 is 0 Å². The first-order valence-electron chi connectivity index (χ1n) is 8.76. The Morgan fingerprint density at radius 3 is 2.72 bits per heavy atom. The van der Waals surface area contributed by atoms with E-state index in [4.69, 9.17) is 11.6 Å². The van der Waals surface area contributed by atoms with Gasteiger partial charge in [-0.2, -0.15) is 0 Å². The molecule has 0 bridgehead atoms. The SMILES string of the molecule is CC(Nc1ccc(NC(=O)C2CCCNC2)cc1Cl)c1ccccc1. The Morgan fingerprint density at radius 2 is 2.04 bits per heavy atom. The molecule has 0 aromatic heterocycles. The molecule has 3 N–H and O–H groups in total. The van der Waals surface area contributed by atoms with E-state index in [0.29, 0.717) is 5.02 Å². The highest BCUT2D eigenvalue weighted by molar-refractivity contribution is 6.33. The molecule has 1 amide bonds. The van der Waals surface area contributed by atoms with Gasteiger partial charge in [-0.05, 0) is 50.1 Å². The summed E-state index contributed by atoms with van der Waals surface area (Å²) in [5.74, 6) is 0.0880. The highest BCUT2D eigenvalue weighted by atomic mass is 35.5. The average Bonchev–Trinajstić information content (AvgIpc) is 2.65. The molecule has 5 heteroatoms. The molecule has 1 heterocycles. The van der Waals surface area contributed by atoms with Crippen molar-refractivity contribution in [3.63, 3.8) is 0 Å². The molecule has 4 nitrogen and oxygen atoms in total. The molecule has 132 valence electrons. The maximum absolute atomic E-state index is 12.3. The molecule has 3 rings (SSSR count). The predicted molar refractivity (Wildman–Crippen MR) is 104 cm³/mol. The van der Waals surface area contributed by atoms with Crippen LogP contribution >= 0.6 is 11.6 Å². The minimum atomic E-state index is 0.0310. The van der Waals surface area contributed by atoms with Crippen molar-refractivity contribution in [2.24, 2.45) is 5.92 Å². The lowest BCUT2D eigenvalue weighted by molar-refractivity contribution is -0.120. The molecule has 25 heavy (non-hydrogen) atoms. The van der Waals surface area contributed by atoms with E-state index in [-0.39, 0.29) is 17.9 Å². The number of amides is 1. The predicted octanol–water partition coefficient (Wildman–Crippen LogP) is 4.45. The van der Waals surface area contributed by atoms with Gasteiger partial charge < -0.3 is 16.0 Å². The second-order valence-corrected chi connectivity index (χ2v) is 6.91. The van der Waals surface area contributed by atoms with Gasteiger partial charge in [0.15, 0.2) is 0 Å². The molecular formula is C20H24ClN3O. The Morgan fingerprint density at radius 1 is 1.24 bits per heavy atom. The standard InChI is InChI=1S/C20H24ClN3O/c1-14(15-6-3-2-4-7-15)23-19-10-9-17(12-18(19)21)24-20(25)16-8-5-11-22-13-16/h2-4,6-7,9-10,12,14,16,22-23H,5,8,11,13H2,1H3,(H,24,25). The molecule has 1 aliphatic heterocycles. The lowest BCUT2D eigenvalue weighted by Crippen LogP contribution is -2.37. The largest absolute Gasteiger partial charge is 0.377 e. The van der Waals surface area contributed by atoms with Gasteiger partial charge in [-0.3, -0.25) is 4.79 Å². The van der Waals surface area contributed by atoms with E-state index < -0.39 is 0 Å². The first-order chi connectivity index (χ1) is 12.1. The molecule has 1 aliphatic rings. The van der Waals surface area contributed by atoms with Crippen molar-refractivity contribution in [1.82, 2.24) is 5.32 Å². The van der Waals surface area contributed by atoms with Gasteiger partial charge in [0.05, 0.1) is 16.6 Å².